The summed E-state index contributed by atoms with van der Waals surface area (Å²) >= 11 is 0. The second kappa shape index (κ2) is 9.06. The molecular weight excluding hydrogens is 516 g/mol. The van der Waals surface area contributed by atoms with Gasteiger partial charge < -0.3 is 14.8 Å². The lowest BCUT2D eigenvalue weighted by Gasteiger charge is -2.51. The van der Waals surface area contributed by atoms with E-state index in [2.05, 4.69) is 29.6 Å². The zero-order chi connectivity index (χ0) is 28.5. The van der Waals surface area contributed by atoms with E-state index in [1.165, 1.54) is 12.0 Å². The Morgan fingerprint density at radius 1 is 0.805 bits per heavy atom. The van der Waals surface area contributed by atoms with Crippen LogP contribution in [0.3, 0.4) is 0 Å². The molecule has 1 saturated heterocycles. The molecule has 0 aromatic heterocycles. The van der Waals surface area contributed by atoms with Crippen LogP contribution in [0.4, 0.5) is 11.4 Å². The SMILES string of the molecule is COc1ccc(OC)c(NC(=O)c2cccc(N3C(=O)[C@H]4C5c6ccccc6C(c6ccccc65)[C@@]4(C)C3=O)c2)c1. The molecule has 7 nitrogen and oxygen atoms in total. The van der Waals surface area contributed by atoms with Crippen molar-refractivity contribution in [3.63, 3.8) is 0 Å². The van der Waals surface area contributed by atoms with Gasteiger partial charge in [-0.15, -0.1) is 0 Å². The van der Waals surface area contributed by atoms with Crippen molar-refractivity contribution in [2.75, 3.05) is 24.4 Å². The molecule has 1 fully saturated rings. The van der Waals surface area contributed by atoms with E-state index < -0.39 is 17.2 Å². The van der Waals surface area contributed by atoms with Crippen LogP contribution in [0, 0.1) is 11.3 Å². The van der Waals surface area contributed by atoms with Crippen LogP contribution >= 0.6 is 0 Å². The van der Waals surface area contributed by atoms with Crippen molar-refractivity contribution in [1.29, 1.82) is 0 Å². The molecule has 0 unspecified atom stereocenters. The van der Waals surface area contributed by atoms with Crippen LogP contribution in [0.1, 0.15) is 51.4 Å². The van der Waals surface area contributed by atoms with E-state index >= 15 is 0 Å². The van der Waals surface area contributed by atoms with E-state index in [-0.39, 0.29) is 23.7 Å². The molecule has 1 aliphatic heterocycles. The smallest absolute Gasteiger partial charge is 0.255 e. The Hall–Kier alpha value is -4.91. The number of imide groups is 1. The summed E-state index contributed by atoms with van der Waals surface area (Å²) in [6.45, 7) is 1.94. The Kier molecular flexibility index (Phi) is 5.54. The summed E-state index contributed by atoms with van der Waals surface area (Å²) in [6, 6.07) is 28.1. The number of rotatable bonds is 5. The molecule has 3 amide bonds. The largest absolute Gasteiger partial charge is 0.497 e. The minimum absolute atomic E-state index is 0.217. The second-order valence-electron chi connectivity index (χ2n) is 11.0. The molecule has 0 spiro atoms. The molecule has 8 rings (SSSR count). The van der Waals surface area contributed by atoms with Crippen molar-refractivity contribution in [2.45, 2.75) is 18.8 Å². The number of benzene rings is 4. The minimum Gasteiger partial charge on any atom is -0.497 e. The monoisotopic (exact) mass is 544 g/mol. The van der Waals surface area contributed by atoms with Gasteiger partial charge in [0.15, 0.2) is 0 Å². The molecule has 4 aromatic rings. The minimum atomic E-state index is -0.948. The van der Waals surface area contributed by atoms with Crippen molar-refractivity contribution in [1.82, 2.24) is 0 Å². The van der Waals surface area contributed by atoms with Gasteiger partial charge in [0.1, 0.15) is 11.5 Å². The lowest BCUT2D eigenvalue weighted by molar-refractivity contribution is -0.128. The number of hydrogen-bond acceptors (Lipinski definition) is 5. The zero-order valence-electron chi connectivity index (χ0n) is 22.9. The van der Waals surface area contributed by atoms with Gasteiger partial charge in [-0.3, -0.25) is 14.4 Å². The first kappa shape index (κ1) is 25.1. The third kappa shape index (κ3) is 3.41. The van der Waals surface area contributed by atoms with Crippen molar-refractivity contribution in [3.8, 4) is 11.5 Å². The number of ether oxygens (including phenoxy) is 2. The molecule has 2 atom stereocenters. The quantitative estimate of drug-likeness (QED) is 0.324. The first-order valence-electron chi connectivity index (χ1n) is 13.6. The summed E-state index contributed by atoms with van der Waals surface area (Å²) in [7, 11) is 3.06. The highest BCUT2D eigenvalue weighted by molar-refractivity contribution is 6.25. The van der Waals surface area contributed by atoms with E-state index in [4.69, 9.17) is 9.47 Å². The van der Waals surface area contributed by atoms with Gasteiger partial charge in [0.25, 0.3) is 5.91 Å². The number of anilines is 2. The van der Waals surface area contributed by atoms with E-state index in [0.29, 0.717) is 28.4 Å². The molecule has 1 heterocycles. The van der Waals surface area contributed by atoms with Gasteiger partial charge in [0.05, 0.1) is 36.9 Å². The number of nitrogens with zero attached hydrogens (tertiary/aromatic N) is 1. The fourth-order valence-corrected chi connectivity index (χ4v) is 7.25. The van der Waals surface area contributed by atoms with Crippen molar-refractivity contribution in [3.05, 3.63) is 119 Å². The van der Waals surface area contributed by atoms with E-state index in [9.17, 15) is 14.4 Å². The van der Waals surface area contributed by atoms with E-state index in [1.807, 2.05) is 31.2 Å². The predicted molar refractivity (Wildman–Crippen MR) is 155 cm³/mol. The number of amides is 3. The topological polar surface area (TPSA) is 84.9 Å². The Morgan fingerprint density at radius 2 is 1.46 bits per heavy atom. The predicted octanol–water partition coefficient (Wildman–Crippen LogP) is 5.74. The first-order valence-corrected chi connectivity index (χ1v) is 13.6. The van der Waals surface area contributed by atoms with Crippen LogP contribution in [0.5, 0.6) is 11.5 Å². The van der Waals surface area contributed by atoms with Crippen LogP contribution in [0.15, 0.2) is 91.0 Å². The molecule has 3 aliphatic carbocycles. The summed E-state index contributed by atoms with van der Waals surface area (Å²) in [5, 5.41) is 2.87. The number of methoxy groups -OCH3 is 2. The molecular formula is C34H28N2O5. The molecule has 204 valence electrons. The average Bonchev–Trinajstić information content (AvgIpc) is 3.21. The van der Waals surface area contributed by atoms with Crippen LogP contribution < -0.4 is 19.7 Å². The highest BCUT2D eigenvalue weighted by Crippen LogP contribution is 2.67. The Labute approximate surface area is 237 Å². The van der Waals surface area contributed by atoms with Gasteiger partial charge in [0, 0.05) is 23.5 Å². The van der Waals surface area contributed by atoms with Gasteiger partial charge in [-0.2, -0.15) is 0 Å². The normalized spacial score (nSPS) is 23.5. The summed E-state index contributed by atoms with van der Waals surface area (Å²) in [4.78, 5) is 43.3. The summed E-state index contributed by atoms with van der Waals surface area (Å²) < 4.78 is 10.7. The number of carbonyl (C=O) groups is 3. The highest BCUT2D eigenvalue weighted by Gasteiger charge is 2.68. The third-order valence-electron chi connectivity index (χ3n) is 9.03. The second-order valence-corrected chi connectivity index (χ2v) is 11.0. The Bertz CT molecular complexity index is 1720. The highest BCUT2D eigenvalue weighted by atomic mass is 16.5. The van der Waals surface area contributed by atoms with Crippen molar-refractivity contribution < 1.29 is 23.9 Å². The number of nitrogens with one attached hydrogen (secondary N) is 1. The standard InChI is InChI=1S/C34H28N2O5/c1-34-29-24-13-6-4-11-22(24)28(23-12-5-7-14-25(23)29)30(34)32(38)36(33(34)39)20-10-8-9-19(17-20)31(37)35-26-18-21(40-2)15-16-27(26)41-3/h4-18,28-30H,1-3H3,(H,35,37)/t28?,29?,30-,34-/m1/s1. The lowest BCUT2D eigenvalue weighted by Crippen LogP contribution is -2.49. The molecule has 4 aromatic carbocycles. The van der Waals surface area contributed by atoms with Crippen LogP contribution in [-0.2, 0) is 9.59 Å². The van der Waals surface area contributed by atoms with Gasteiger partial charge in [-0.05, 0) is 59.5 Å². The molecule has 0 radical (unpaired) electrons. The maximum absolute atomic E-state index is 14.4. The molecule has 41 heavy (non-hydrogen) atoms. The van der Waals surface area contributed by atoms with Crippen molar-refractivity contribution in [2.24, 2.45) is 11.3 Å². The maximum Gasteiger partial charge on any atom is 0.255 e. The van der Waals surface area contributed by atoms with Gasteiger partial charge in [-0.1, -0.05) is 54.6 Å². The molecule has 1 N–H and O–H groups in total. The van der Waals surface area contributed by atoms with E-state index in [0.717, 1.165) is 22.3 Å². The van der Waals surface area contributed by atoms with Crippen LogP contribution in [0.2, 0.25) is 0 Å². The Balaban J connectivity index is 1.27. The zero-order valence-corrected chi connectivity index (χ0v) is 22.9. The first-order chi connectivity index (χ1) is 19.9. The van der Waals surface area contributed by atoms with Gasteiger partial charge >= 0.3 is 0 Å². The lowest BCUT2D eigenvalue weighted by atomic mass is 9.48. The summed E-state index contributed by atoms with van der Waals surface area (Å²) in [5.74, 6) is -0.821. The van der Waals surface area contributed by atoms with Crippen LogP contribution in [0.25, 0.3) is 0 Å². The molecule has 4 aliphatic rings. The van der Waals surface area contributed by atoms with Crippen molar-refractivity contribution >= 4 is 29.1 Å². The third-order valence-corrected chi connectivity index (χ3v) is 9.03. The molecule has 0 saturated carbocycles. The summed E-state index contributed by atoms with van der Waals surface area (Å²) in [5.41, 5.74) is 4.63. The number of carbonyl (C=O) groups excluding carboxylic acids is 3. The van der Waals surface area contributed by atoms with E-state index in [1.54, 1.807) is 49.6 Å². The fourth-order valence-electron chi connectivity index (χ4n) is 7.25. The van der Waals surface area contributed by atoms with Gasteiger partial charge in [0.2, 0.25) is 11.8 Å². The maximum atomic E-state index is 14.4. The molecule has 7 heteroatoms. The Morgan fingerprint density at radius 3 is 2.10 bits per heavy atom. The fraction of sp³-hybridized carbons (Fsp3) is 0.206. The molecule has 2 bridgehead atoms. The average molecular weight is 545 g/mol. The van der Waals surface area contributed by atoms with Gasteiger partial charge in [-0.25, -0.2) is 4.90 Å². The summed E-state index contributed by atoms with van der Waals surface area (Å²) in [6.07, 6.45) is 0. The van der Waals surface area contributed by atoms with Crippen LogP contribution in [-0.4, -0.2) is 31.9 Å². The number of hydrogen-bond donors (Lipinski definition) is 1.